The number of nitrogens with zero attached hydrogens (tertiary/aromatic N) is 2. The number of amides is 1. The van der Waals surface area contributed by atoms with Crippen LogP contribution in [0.25, 0.3) is 10.2 Å². The van der Waals surface area contributed by atoms with Gasteiger partial charge in [-0.3, -0.25) is 9.48 Å². The van der Waals surface area contributed by atoms with E-state index in [1.165, 1.54) is 16.9 Å². The van der Waals surface area contributed by atoms with Crippen molar-refractivity contribution in [3.8, 4) is 0 Å². The van der Waals surface area contributed by atoms with Crippen molar-refractivity contribution < 1.29 is 4.79 Å². The maximum atomic E-state index is 12.5. The number of rotatable bonds is 5. The van der Waals surface area contributed by atoms with E-state index in [1.807, 2.05) is 29.8 Å². The molecular formula is C19H23N3OS. The molecule has 0 aliphatic heterocycles. The third kappa shape index (κ3) is 3.51. The lowest BCUT2D eigenvalue weighted by atomic mass is 10.1. The molecule has 0 fully saturated rings. The lowest BCUT2D eigenvalue weighted by molar-refractivity contribution is 0.0955. The zero-order chi connectivity index (χ0) is 17.3. The molecule has 0 aliphatic rings. The average Bonchev–Trinajstić information content (AvgIpc) is 3.08. The fraction of sp³-hybridized carbons (Fsp3) is 0.368. The topological polar surface area (TPSA) is 46.9 Å². The van der Waals surface area contributed by atoms with Gasteiger partial charge >= 0.3 is 0 Å². The Morgan fingerprint density at radius 3 is 2.62 bits per heavy atom. The van der Waals surface area contributed by atoms with Crippen molar-refractivity contribution in [2.45, 2.75) is 40.8 Å². The summed E-state index contributed by atoms with van der Waals surface area (Å²) in [6.45, 7) is 9.82. The van der Waals surface area contributed by atoms with E-state index in [0.717, 1.165) is 32.9 Å². The first-order valence-corrected chi connectivity index (χ1v) is 9.06. The summed E-state index contributed by atoms with van der Waals surface area (Å²) in [6, 6.07) is 10.2. The van der Waals surface area contributed by atoms with Crippen LogP contribution in [0.4, 0.5) is 0 Å². The van der Waals surface area contributed by atoms with E-state index in [9.17, 15) is 4.79 Å². The summed E-state index contributed by atoms with van der Waals surface area (Å²) in [5.74, 6) is 0.501. The number of benzene rings is 1. The Labute approximate surface area is 146 Å². The predicted molar refractivity (Wildman–Crippen MR) is 99.5 cm³/mol. The van der Waals surface area contributed by atoms with E-state index < -0.39 is 0 Å². The van der Waals surface area contributed by atoms with Crippen LogP contribution in [0.15, 0.2) is 30.3 Å². The number of nitrogens with one attached hydrogen (secondary N) is 1. The minimum atomic E-state index is -0.0210. The van der Waals surface area contributed by atoms with Crippen LogP contribution < -0.4 is 5.32 Å². The number of hydrogen-bond acceptors (Lipinski definition) is 3. The summed E-state index contributed by atoms with van der Waals surface area (Å²) in [4.78, 5) is 14.3. The van der Waals surface area contributed by atoms with Crippen LogP contribution in [-0.2, 0) is 13.1 Å². The van der Waals surface area contributed by atoms with E-state index in [1.54, 1.807) is 0 Å². The van der Waals surface area contributed by atoms with Gasteiger partial charge in [-0.05, 0) is 31.4 Å². The largest absolute Gasteiger partial charge is 0.347 e. The number of carbonyl (C=O) groups excluding carboxylic acids is 1. The summed E-state index contributed by atoms with van der Waals surface area (Å²) >= 11 is 1.52. The summed E-state index contributed by atoms with van der Waals surface area (Å²) in [5.41, 5.74) is 3.32. The summed E-state index contributed by atoms with van der Waals surface area (Å²) in [6.07, 6.45) is 0. The summed E-state index contributed by atoms with van der Waals surface area (Å²) in [5, 5.41) is 8.68. The van der Waals surface area contributed by atoms with Crippen molar-refractivity contribution in [2.75, 3.05) is 0 Å². The van der Waals surface area contributed by atoms with E-state index in [-0.39, 0.29) is 5.91 Å². The van der Waals surface area contributed by atoms with Gasteiger partial charge in [0.05, 0.1) is 10.6 Å². The molecule has 1 amide bonds. The van der Waals surface area contributed by atoms with Crippen molar-refractivity contribution in [3.05, 3.63) is 52.0 Å². The molecule has 1 aromatic carbocycles. The van der Waals surface area contributed by atoms with Gasteiger partial charge in [0.1, 0.15) is 4.83 Å². The lowest BCUT2D eigenvalue weighted by Gasteiger charge is -2.05. The summed E-state index contributed by atoms with van der Waals surface area (Å²) in [7, 11) is 0. The van der Waals surface area contributed by atoms with Crippen molar-refractivity contribution in [1.29, 1.82) is 0 Å². The van der Waals surface area contributed by atoms with Crippen LogP contribution in [0.2, 0.25) is 0 Å². The Morgan fingerprint density at radius 2 is 1.96 bits per heavy atom. The van der Waals surface area contributed by atoms with Crippen LogP contribution in [0.5, 0.6) is 0 Å². The Balaban J connectivity index is 1.76. The molecule has 1 N–H and O–H groups in total. The van der Waals surface area contributed by atoms with Crippen molar-refractivity contribution in [1.82, 2.24) is 15.1 Å². The fourth-order valence-electron chi connectivity index (χ4n) is 2.67. The third-order valence-corrected chi connectivity index (χ3v) is 5.09. The van der Waals surface area contributed by atoms with Gasteiger partial charge in [0.15, 0.2) is 0 Å². The van der Waals surface area contributed by atoms with Crippen LogP contribution in [0.1, 0.15) is 40.3 Å². The second-order valence-corrected chi connectivity index (χ2v) is 7.69. The van der Waals surface area contributed by atoms with Crippen LogP contribution in [0.3, 0.4) is 0 Å². The second kappa shape index (κ2) is 6.77. The number of aryl methyl sites for hydroxylation is 2. The number of hydrogen-bond donors (Lipinski definition) is 1. The van der Waals surface area contributed by atoms with Gasteiger partial charge < -0.3 is 5.32 Å². The molecule has 0 saturated carbocycles. The van der Waals surface area contributed by atoms with Crippen molar-refractivity contribution >= 4 is 27.5 Å². The Kier molecular flexibility index (Phi) is 4.71. The van der Waals surface area contributed by atoms with Crippen LogP contribution in [0, 0.1) is 19.8 Å². The van der Waals surface area contributed by atoms with E-state index in [0.29, 0.717) is 12.5 Å². The molecule has 4 nitrogen and oxygen atoms in total. The molecule has 3 rings (SSSR count). The molecular weight excluding hydrogens is 318 g/mol. The maximum Gasteiger partial charge on any atom is 0.261 e. The van der Waals surface area contributed by atoms with Gasteiger partial charge in [-0.2, -0.15) is 5.10 Å². The summed E-state index contributed by atoms with van der Waals surface area (Å²) < 4.78 is 2.02. The molecule has 0 atom stereocenters. The van der Waals surface area contributed by atoms with Gasteiger partial charge in [0.25, 0.3) is 5.91 Å². The molecule has 126 valence electrons. The lowest BCUT2D eigenvalue weighted by Crippen LogP contribution is -2.21. The van der Waals surface area contributed by atoms with E-state index in [4.69, 9.17) is 0 Å². The maximum absolute atomic E-state index is 12.5. The second-order valence-electron chi connectivity index (χ2n) is 6.66. The highest BCUT2D eigenvalue weighted by molar-refractivity contribution is 7.20. The standard InChI is InChI=1S/C19H23N3OS/c1-12(2)11-22-19-16(14(4)21-22)9-17(24-19)18(23)20-10-15-7-5-13(3)6-8-15/h5-9,12H,10-11H2,1-4H3,(H,20,23). The van der Waals surface area contributed by atoms with Gasteiger partial charge in [0.2, 0.25) is 0 Å². The van der Waals surface area contributed by atoms with E-state index in [2.05, 4.69) is 43.3 Å². The molecule has 0 saturated heterocycles. The number of carbonyl (C=O) groups is 1. The first kappa shape index (κ1) is 16.7. The predicted octanol–water partition coefficient (Wildman–Crippen LogP) is 4.30. The molecule has 0 spiro atoms. The Hall–Kier alpha value is -2.14. The van der Waals surface area contributed by atoms with Gasteiger partial charge in [-0.25, -0.2) is 0 Å². The first-order chi connectivity index (χ1) is 11.4. The minimum absolute atomic E-state index is 0.0210. The molecule has 2 heterocycles. The molecule has 3 aromatic rings. The normalized spacial score (nSPS) is 11.4. The number of thiophene rings is 1. The zero-order valence-corrected chi connectivity index (χ0v) is 15.4. The monoisotopic (exact) mass is 341 g/mol. The van der Waals surface area contributed by atoms with Gasteiger partial charge in [-0.15, -0.1) is 11.3 Å². The quantitative estimate of drug-likeness (QED) is 0.752. The smallest absolute Gasteiger partial charge is 0.261 e. The fourth-order valence-corrected chi connectivity index (χ4v) is 3.76. The van der Waals surface area contributed by atoms with Gasteiger partial charge in [-0.1, -0.05) is 43.7 Å². The zero-order valence-electron chi connectivity index (χ0n) is 14.6. The molecule has 0 unspecified atom stereocenters. The number of aromatic nitrogens is 2. The average molecular weight is 341 g/mol. The van der Waals surface area contributed by atoms with Crippen LogP contribution >= 0.6 is 11.3 Å². The van der Waals surface area contributed by atoms with E-state index >= 15 is 0 Å². The highest BCUT2D eigenvalue weighted by Crippen LogP contribution is 2.28. The van der Waals surface area contributed by atoms with Crippen LogP contribution in [-0.4, -0.2) is 15.7 Å². The molecule has 0 aliphatic carbocycles. The highest BCUT2D eigenvalue weighted by atomic mass is 32.1. The van der Waals surface area contributed by atoms with Gasteiger partial charge in [0, 0.05) is 18.5 Å². The SMILES string of the molecule is Cc1ccc(CNC(=O)c2cc3c(C)nn(CC(C)C)c3s2)cc1. The van der Waals surface area contributed by atoms with Crippen molar-refractivity contribution in [2.24, 2.45) is 5.92 Å². The Bertz CT molecular complexity index is 859. The molecule has 24 heavy (non-hydrogen) atoms. The highest BCUT2D eigenvalue weighted by Gasteiger charge is 2.16. The molecule has 0 bridgehead atoms. The van der Waals surface area contributed by atoms with Crippen molar-refractivity contribution in [3.63, 3.8) is 0 Å². The molecule has 0 radical (unpaired) electrons. The molecule has 2 aromatic heterocycles. The third-order valence-electron chi connectivity index (χ3n) is 3.94. The minimum Gasteiger partial charge on any atom is -0.347 e. The number of fused-ring (bicyclic) bond motifs is 1. The first-order valence-electron chi connectivity index (χ1n) is 8.24. The Morgan fingerprint density at radius 1 is 1.25 bits per heavy atom. The molecule has 5 heteroatoms.